The zero-order valence-corrected chi connectivity index (χ0v) is 15.2. The molecule has 0 unspecified atom stereocenters. The lowest BCUT2D eigenvalue weighted by atomic mass is 10.1. The van der Waals surface area contributed by atoms with Crippen LogP contribution in [-0.2, 0) is 6.42 Å². The van der Waals surface area contributed by atoms with Crippen molar-refractivity contribution in [3.8, 4) is 11.8 Å². The van der Waals surface area contributed by atoms with Gasteiger partial charge in [0.05, 0.1) is 18.2 Å². The van der Waals surface area contributed by atoms with Gasteiger partial charge < -0.3 is 10.1 Å². The van der Waals surface area contributed by atoms with Crippen LogP contribution >= 0.6 is 0 Å². The zero-order chi connectivity index (χ0) is 18.4. The highest BCUT2D eigenvalue weighted by atomic mass is 19.1. The molecule has 1 atom stereocenters. The van der Waals surface area contributed by atoms with E-state index in [0.717, 1.165) is 24.9 Å². The fourth-order valence-electron chi connectivity index (χ4n) is 2.92. The molecule has 1 aliphatic rings. The van der Waals surface area contributed by atoms with Crippen molar-refractivity contribution < 1.29 is 9.13 Å². The maximum atomic E-state index is 13.9. The molecule has 0 aromatic heterocycles. The van der Waals surface area contributed by atoms with Crippen LogP contribution in [0.1, 0.15) is 48.9 Å². The zero-order valence-electron chi connectivity index (χ0n) is 15.2. The molecule has 0 aliphatic heterocycles. The first-order valence-electron chi connectivity index (χ1n) is 9.30. The van der Waals surface area contributed by atoms with Crippen molar-refractivity contribution in [3.63, 3.8) is 0 Å². The van der Waals surface area contributed by atoms with Crippen molar-refractivity contribution in [1.29, 1.82) is 5.26 Å². The average molecular weight is 352 g/mol. The average Bonchev–Trinajstić information content (AvgIpc) is 3.49. The first-order chi connectivity index (χ1) is 12.7. The molecule has 2 aromatic rings. The number of hydrogen-bond acceptors (Lipinski definition) is 3. The number of aryl methyl sites for hydroxylation is 1. The maximum absolute atomic E-state index is 13.9. The summed E-state index contributed by atoms with van der Waals surface area (Å²) in [5.74, 6) is 0.670. The van der Waals surface area contributed by atoms with Crippen LogP contribution in [0.15, 0.2) is 42.5 Å². The SMILES string of the molecule is C[C@@H](NCCCc1cccc(C#N)c1)c1ccc(F)c(OCC2CC2)c1. The molecule has 4 heteroatoms. The van der Waals surface area contributed by atoms with Gasteiger partial charge in [0.25, 0.3) is 0 Å². The van der Waals surface area contributed by atoms with Gasteiger partial charge in [-0.2, -0.15) is 5.26 Å². The van der Waals surface area contributed by atoms with Gasteiger partial charge in [0, 0.05) is 6.04 Å². The number of rotatable bonds is 9. The van der Waals surface area contributed by atoms with Gasteiger partial charge in [-0.3, -0.25) is 0 Å². The summed E-state index contributed by atoms with van der Waals surface area (Å²) >= 11 is 0. The third-order valence-corrected chi connectivity index (χ3v) is 4.78. The molecule has 3 nitrogen and oxygen atoms in total. The maximum Gasteiger partial charge on any atom is 0.165 e. The van der Waals surface area contributed by atoms with Crippen LogP contribution in [0, 0.1) is 23.1 Å². The summed E-state index contributed by atoms with van der Waals surface area (Å²) in [6.45, 7) is 3.55. The highest BCUT2D eigenvalue weighted by Gasteiger charge is 2.22. The Kier molecular flexibility index (Phi) is 6.25. The van der Waals surface area contributed by atoms with E-state index in [2.05, 4.69) is 18.3 Å². The molecule has 26 heavy (non-hydrogen) atoms. The van der Waals surface area contributed by atoms with Gasteiger partial charge in [0.2, 0.25) is 0 Å². The van der Waals surface area contributed by atoms with Gasteiger partial charge >= 0.3 is 0 Å². The minimum atomic E-state index is -0.293. The summed E-state index contributed by atoms with van der Waals surface area (Å²) in [5.41, 5.74) is 2.91. The minimum Gasteiger partial charge on any atom is -0.490 e. The number of nitrogens with zero attached hydrogens (tertiary/aromatic N) is 1. The number of nitrogens with one attached hydrogen (secondary N) is 1. The van der Waals surface area contributed by atoms with Crippen molar-refractivity contribution in [3.05, 3.63) is 65.0 Å². The van der Waals surface area contributed by atoms with Crippen LogP contribution in [0.3, 0.4) is 0 Å². The number of hydrogen-bond donors (Lipinski definition) is 1. The Morgan fingerprint density at radius 1 is 1.27 bits per heavy atom. The summed E-state index contributed by atoms with van der Waals surface area (Å²) in [6.07, 6.45) is 4.28. The number of ether oxygens (including phenoxy) is 1. The van der Waals surface area contributed by atoms with E-state index in [9.17, 15) is 4.39 Å². The minimum absolute atomic E-state index is 0.129. The first kappa shape index (κ1) is 18.4. The molecule has 0 saturated heterocycles. The van der Waals surface area contributed by atoms with Gasteiger partial charge in [-0.25, -0.2) is 4.39 Å². The predicted molar refractivity (Wildman–Crippen MR) is 101 cm³/mol. The van der Waals surface area contributed by atoms with Crippen LogP contribution in [0.2, 0.25) is 0 Å². The molecule has 0 heterocycles. The largest absolute Gasteiger partial charge is 0.490 e. The normalized spacial score (nSPS) is 14.7. The Morgan fingerprint density at radius 2 is 2.12 bits per heavy atom. The van der Waals surface area contributed by atoms with Crippen molar-refractivity contribution in [2.75, 3.05) is 13.2 Å². The first-order valence-corrected chi connectivity index (χ1v) is 9.30. The topological polar surface area (TPSA) is 45.0 Å². The lowest BCUT2D eigenvalue weighted by molar-refractivity contribution is 0.284. The number of benzene rings is 2. The second kappa shape index (κ2) is 8.82. The van der Waals surface area contributed by atoms with Gasteiger partial charge in [0.15, 0.2) is 11.6 Å². The third-order valence-electron chi connectivity index (χ3n) is 4.78. The highest BCUT2D eigenvalue weighted by Crippen LogP contribution is 2.31. The van der Waals surface area contributed by atoms with E-state index < -0.39 is 0 Å². The molecule has 3 rings (SSSR count). The smallest absolute Gasteiger partial charge is 0.165 e. The Morgan fingerprint density at radius 3 is 2.88 bits per heavy atom. The Balaban J connectivity index is 1.47. The molecule has 0 spiro atoms. The van der Waals surface area contributed by atoms with Crippen molar-refractivity contribution >= 4 is 0 Å². The van der Waals surface area contributed by atoms with E-state index in [1.165, 1.54) is 24.5 Å². The molecule has 2 aromatic carbocycles. The second-order valence-electron chi connectivity index (χ2n) is 7.04. The number of halogens is 1. The standard InChI is InChI=1S/C22H25FN2O/c1-16(25-11-3-6-17-4-2-5-19(12-17)14-24)20-9-10-21(23)22(13-20)26-15-18-7-8-18/h2,4-5,9-10,12-13,16,18,25H,3,6-8,11,15H2,1H3/t16-/m1/s1. The predicted octanol–water partition coefficient (Wildman–Crippen LogP) is 4.77. The Bertz CT molecular complexity index is 780. The van der Waals surface area contributed by atoms with Gasteiger partial charge in [0.1, 0.15) is 0 Å². The molecular formula is C22H25FN2O. The van der Waals surface area contributed by atoms with E-state index in [1.54, 1.807) is 0 Å². The third kappa shape index (κ3) is 5.31. The molecule has 1 fully saturated rings. The van der Waals surface area contributed by atoms with Crippen molar-refractivity contribution in [2.45, 2.75) is 38.6 Å². The van der Waals surface area contributed by atoms with Crippen LogP contribution in [0.4, 0.5) is 4.39 Å². The second-order valence-corrected chi connectivity index (χ2v) is 7.04. The van der Waals surface area contributed by atoms with E-state index in [-0.39, 0.29) is 11.9 Å². The van der Waals surface area contributed by atoms with E-state index >= 15 is 0 Å². The van der Waals surface area contributed by atoms with Crippen LogP contribution in [0.5, 0.6) is 5.75 Å². The quantitative estimate of drug-likeness (QED) is 0.661. The van der Waals surface area contributed by atoms with Gasteiger partial charge in [-0.1, -0.05) is 18.2 Å². The highest BCUT2D eigenvalue weighted by molar-refractivity contribution is 5.33. The summed E-state index contributed by atoms with van der Waals surface area (Å²) < 4.78 is 19.5. The van der Waals surface area contributed by atoms with Crippen LogP contribution in [0.25, 0.3) is 0 Å². The van der Waals surface area contributed by atoms with E-state index in [4.69, 9.17) is 10.00 Å². The molecule has 136 valence electrons. The van der Waals surface area contributed by atoms with Crippen molar-refractivity contribution in [1.82, 2.24) is 5.32 Å². The van der Waals surface area contributed by atoms with Crippen molar-refractivity contribution in [2.24, 2.45) is 5.92 Å². The summed E-state index contributed by atoms with van der Waals surface area (Å²) in [7, 11) is 0. The summed E-state index contributed by atoms with van der Waals surface area (Å²) in [6, 6.07) is 15.1. The Hall–Kier alpha value is -2.38. The van der Waals surface area contributed by atoms with E-state index in [0.29, 0.717) is 23.8 Å². The number of nitriles is 1. The summed E-state index contributed by atoms with van der Waals surface area (Å²) in [5, 5.41) is 12.4. The molecule has 1 N–H and O–H groups in total. The monoisotopic (exact) mass is 352 g/mol. The van der Waals surface area contributed by atoms with Crippen LogP contribution in [-0.4, -0.2) is 13.2 Å². The molecule has 0 bridgehead atoms. The lowest BCUT2D eigenvalue weighted by Gasteiger charge is -2.16. The summed E-state index contributed by atoms with van der Waals surface area (Å²) in [4.78, 5) is 0. The molecule has 1 aliphatic carbocycles. The van der Waals surface area contributed by atoms with Gasteiger partial charge in [-0.15, -0.1) is 0 Å². The van der Waals surface area contributed by atoms with Gasteiger partial charge in [-0.05, 0) is 80.5 Å². The van der Waals surface area contributed by atoms with Crippen LogP contribution < -0.4 is 10.1 Å². The lowest BCUT2D eigenvalue weighted by Crippen LogP contribution is -2.20. The fraction of sp³-hybridized carbons (Fsp3) is 0.409. The fourth-order valence-corrected chi connectivity index (χ4v) is 2.92. The molecule has 0 amide bonds. The Labute approximate surface area is 154 Å². The van der Waals surface area contributed by atoms with E-state index in [1.807, 2.05) is 36.4 Å². The molecule has 0 radical (unpaired) electrons. The molecule has 1 saturated carbocycles. The molecular weight excluding hydrogens is 327 g/mol.